The maximum atomic E-state index is 12.5. The lowest BCUT2D eigenvalue weighted by Gasteiger charge is -2.30. The molecule has 0 aliphatic carbocycles. The van der Waals surface area contributed by atoms with Crippen LogP contribution < -0.4 is 5.32 Å². The van der Waals surface area contributed by atoms with Crippen molar-refractivity contribution in [1.82, 2.24) is 20.4 Å². The number of nitrogens with zero attached hydrogens (tertiary/aromatic N) is 3. The Morgan fingerprint density at radius 2 is 1.84 bits per heavy atom. The number of amides is 1. The molecule has 0 atom stereocenters. The van der Waals surface area contributed by atoms with E-state index in [1.54, 1.807) is 0 Å². The molecule has 1 aromatic heterocycles. The zero-order chi connectivity index (χ0) is 22.3. The number of rotatable bonds is 8. The van der Waals surface area contributed by atoms with Gasteiger partial charge in [0, 0.05) is 23.0 Å². The molecule has 7 heteroatoms. The Morgan fingerprint density at radius 3 is 2.56 bits per heavy atom. The summed E-state index contributed by atoms with van der Waals surface area (Å²) in [6, 6.07) is 16.0. The van der Waals surface area contributed by atoms with E-state index in [0.29, 0.717) is 23.3 Å². The molecule has 2 aromatic carbocycles. The quantitative estimate of drug-likeness (QED) is 0.503. The number of hydrogen-bond acceptors (Lipinski definition) is 5. The van der Waals surface area contributed by atoms with Crippen LogP contribution in [0.3, 0.4) is 0 Å². The fraction of sp³-hybridized carbons (Fsp3) is 0.400. The Bertz CT molecular complexity index is 1010. The van der Waals surface area contributed by atoms with E-state index in [-0.39, 0.29) is 11.8 Å². The van der Waals surface area contributed by atoms with E-state index in [1.807, 2.05) is 24.3 Å². The second-order valence-electron chi connectivity index (χ2n) is 8.45. The van der Waals surface area contributed by atoms with Gasteiger partial charge in [0.15, 0.2) is 0 Å². The van der Waals surface area contributed by atoms with Crippen molar-refractivity contribution < 1.29 is 9.32 Å². The first kappa shape index (κ1) is 22.5. The highest BCUT2D eigenvalue weighted by atomic mass is 35.5. The van der Waals surface area contributed by atoms with Crippen LogP contribution in [0, 0.1) is 12.8 Å². The first-order valence-electron chi connectivity index (χ1n) is 11.2. The zero-order valence-electron chi connectivity index (χ0n) is 18.4. The Labute approximate surface area is 194 Å². The van der Waals surface area contributed by atoms with Gasteiger partial charge in [0.1, 0.15) is 0 Å². The van der Waals surface area contributed by atoms with Crippen molar-refractivity contribution in [1.29, 1.82) is 0 Å². The monoisotopic (exact) mass is 452 g/mol. The predicted molar refractivity (Wildman–Crippen MR) is 125 cm³/mol. The maximum Gasteiger partial charge on any atom is 0.241 e. The van der Waals surface area contributed by atoms with Crippen LogP contribution in [0.2, 0.25) is 5.02 Å². The van der Waals surface area contributed by atoms with Crippen LogP contribution in [0.4, 0.5) is 0 Å². The molecule has 168 valence electrons. The van der Waals surface area contributed by atoms with Crippen LogP contribution in [-0.2, 0) is 17.8 Å². The number of carbonyl (C=O) groups is 1. The van der Waals surface area contributed by atoms with Crippen molar-refractivity contribution in [3.63, 3.8) is 0 Å². The van der Waals surface area contributed by atoms with Crippen LogP contribution in [0.15, 0.2) is 53.1 Å². The van der Waals surface area contributed by atoms with Crippen LogP contribution in [0.1, 0.15) is 36.3 Å². The number of carbonyl (C=O) groups excluding carboxylic acids is 1. The summed E-state index contributed by atoms with van der Waals surface area (Å²) < 4.78 is 5.42. The number of likely N-dealkylation sites (tertiary alicyclic amines) is 1. The van der Waals surface area contributed by atoms with E-state index in [1.165, 1.54) is 11.1 Å². The van der Waals surface area contributed by atoms with Gasteiger partial charge in [-0.25, -0.2) is 0 Å². The molecule has 0 saturated carbocycles. The molecule has 0 unspecified atom stereocenters. The molecular weight excluding hydrogens is 424 g/mol. The van der Waals surface area contributed by atoms with E-state index >= 15 is 0 Å². The van der Waals surface area contributed by atoms with Gasteiger partial charge >= 0.3 is 0 Å². The lowest BCUT2D eigenvalue weighted by atomic mass is 9.96. The molecule has 1 N–H and O–H groups in total. The van der Waals surface area contributed by atoms with Gasteiger partial charge in [-0.2, -0.15) is 4.98 Å². The zero-order valence-corrected chi connectivity index (χ0v) is 19.1. The summed E-state index contributed by atoms with van der Waals surface area (Å²) in [5, 5.41) is 7.87. The summed E-state index contributed by atoms with van der Waals surface area (Å²) in [4.78, 5) is 19.3. The Kier molecular flexibility index (Phi) is 7.55. The normalized spacial score (nSPS) is 15.1. The lowest BCUT2D eigenvalue weighted by Crippen LogP contribution is -2.40. The molecule has 0 radical (unpaired) electrons. The molecule has 1 fully saturated rings. The van der Waals surface area contributed by atoms with E-state index in [4.69, 9.17) is 16.1 Å². The number of halogens is 1. The number of aromatic nitrogens is 2. The third kappa shape index (κ3) is 6.17. The summed E-state index contributed by atoms with van der Waals surface area (Å²) in [7, 11) is 0. The molecule has 1 saturated heterocycles. The van der Waals surface area contributed by atoms with Crippen molar-refractivity contribution >= 4 is 17.5 Å². The topological polar surface area (TPSA) is 71.3 Å². The summed E-state index contributed by atoms with van der Waals surface area (Å²) in [6.07, 6.45) is 3.64. The van der Waals surface area contributed by atoms with Gasteiger partial charge in [0.2, 0.25) is 17.6 Å². The van der Waals surface area contributed by atoms with Crippen LogP contribution >= 0.6 is 11.6 Å². The standard InChI is InChI=1S/C25H29ClN4O2/c1-18-4-6-19(7-5-18)3-2-14-27-25(31)21-12-15-30(16-13-21)17-23-28-24(29-32-23)20-8-10-22(26)11-9-20/h4-11,21H,2-3,12-17H2,1H3,(H,27,31). The van der Waals surface area contributed by atoms with Crippen molar-refractivity contribution in [3.05, 3.63) is 70.6 Å². The summed E-state index contributed by atoms with van der Waals surface area (Å²) in [5.74, 6) is 1.42. The second-order valence-corrected chi connectivity index (χ2v) is 8.89. The number of benzene rings is 2. The Hall–Kier alpha value is -2.70. The largest absolute Gasteiger partial charge is 0.356 e. The lowest BCUT2D eigenvalue weighted by molar-refractivity contribution is -0.126. The Morgan fingerprint density at radius 1 is 1.12 bits per heavy atom. The van der Waals surface area contributed by atoms with Crippen molar-refractivity contribution in [2.45, 2.75) is 39.2 Å². The second kappa shape index (κ2) is 10.7. The first-order valence-corrected chi connectivity index (χ1v) is 11.6. The fourth-order valence-corrected chi connectivity index (χ4v) is 4.11. The minimum absolute atomic E-state index is 0.0814. The fourth-order valence-electron chi connectivity index (χ4n) is 3.98. The van der Waals surface area contributed by atoms with E-state index in [2.05, 4.69) is 51.5 Å². The molecule has 0 spiro atoms. The minimum Gasteiger partial charge on any atom is -0.356 e. The van der Waals surface area contributed by atoms with Crippen molar-refractivity contribution in [3.8, 4) is 11.4 Å². The van der Waals surface area contributed by atoms with Gasteiger partial charge in [0.25, 0.3) is 0 Å². The van der Waals surface area contributed by atoms with Crippen LogP contribution in [0.25, 0.3) is 11.4 Å². The highest BCUT2D eigenvalue weighted by molar-refractivity contribution is 6.30. The van der Waals surface area contributed by atoms with Gasteiger partial charge in [-0.3, -0.25) is 9.69 Å². The van der Waals surface area contributed by atoms with Gasteiger partial charge in [-0.05, 0) is 75.5 Å². The Balaban J connectivity index is 1.17. The molecule has 0 bridgehead atoms. The van der Waals surface area contributed by atoms with Gasteiger partial charge in [0.05, 0.1) is 6.54 Å². The average molecular weight is 453 g/mol. The summed E-state index contributed by atoms with van der Waals surface area (Å²) in [5.41, 5.74) is 3.47. The van der Waals surface area contributed by atoms with Gasteiger partial charge in [-0.15, -0.1) is 0 Å². The molecule has 3 aromatic rings. The van der Waals surface area contributed by atoms with Gasteiger partial charge < -0.3 is 9.84 Å². The maximum absolute atomic E-state index is 12.5. The molecule has 4 rings (SSSR count). The highest BCUT2D eigenvalue weighted by Gasteiger charge is 2.25. The predicted octanol–water partition coefficient (Wildman–Crippen LogP) is 4.66. The van der Waals surface area contributed by atoms with Crippen LogP contribution in [0.5, 0.6) is 0 Å². The summed E-state index contributed by atoms with van der Waals surface area (Å²) >= 11 is 5.93. The number of aryl methyl sites for hydroxylation is 2. The summed E-state index contributed by atoms with van der Waals surface area (Å²) in [6.45, 7) is 5.12. The number of nitrogens with one attached hydrogen (secondary N) is 1. The van der Waals surface area contributed by atoms with E-state index in [9.17, 15) is 4.79 Å². The number of hydrogen-bond donors (Lipinski definition) is 1. The molecule has 32 heavy (non-hydrogen) atoms. The molecule has 2 heterocycles. The van der Waals surface area contributed by atoms with E-state index < -0.39 is 0 Å². The molecule has 1 amide bonds. The molecule has 6 nitrogen and oxygen atoms in total. The van der Waals surface area contributed by atoms with Gasteiger partial charge in [-0.1, -0.05) is 46.6 Å². The third-order valence-electron chi connectivity index (χ3n) is 5.95. The average Bonchev–Trinajstić information content (AvgIpc) is 3.27. The molecule has 1 aliphatic rings. The highest BCUT2D eigenvalue weighted by Crippen LogP contribution is 2.21. The van der Waals surface area contributed by atoms with E-state index in [0.717, 1.165) is 50.9 Å². The third-order valence-corrected chi connectivity index (χ3v) is 6.20. The van der Waals surface area contributed by atoms with Crippen LogP contribution in [-0.4, -0.2) is 40.6 Å². The first-order chi connectivity index (χ1) is 15.6. The molecule has 1 aliphatic heterocycles. The number of piperidine rings is 1. The SMILES string of the molecule is Cc1ccc(CCCNC(=O)C2CCN(Cc3nc(-c4ccc(Cl)cc4)no3)CC2)cc1. The molecular formula is C25H29ClN4O2. The van der Waals surface area contributed by atoms with Crippen molar-refractivity contribution in [2.24, 2.45) is 5.92 Å². The minimum atomic E-state index is 0.0814. The smallest absolute Gasteiger partial charge is 0.241 e. The van der Waals surface area contributed by atoms with Crippen molar-refractivity contribution in [2.75, 3.05) is 19.6 Å².